The van der Waals surface area contributed by atoms with Crippen molar-refractivity contribution in [2.24, 2.45) is 0 Å². The fourth-order valence-electron chi connectivity index (χ4n) is 5.61. The van der Waals surface area contributed by atoms with Crippen LogP contribution in [0.4, 0.5) is 31.8 Å². The highest BCUT2D eigenvalue weighted by molar-refractivity contribution is 6.01. The smallest absolute Gasteiger partial charge is 0.256 e. The van der Waals surface area contributed by atoms with Crippen LogP contribution in [0.5, 0.6) is 5.88 Å². The van der Waals surface area contributed by atoms with E-state index in [9.17, 15) is 13.6 Å². The summed E-state index contributed by atoms with van der Waals surface area (Å²) in [4.78, 5) is 24.9. The molecule has 12 heteroatoms. The van der Waals surface area contributed by atoms with E-state index in [1.807, 2.05) is 60.7 Å². The maximum Gasteiger partial charge on any atom is 0.256 e. The van der Waals surface area contributed by atoms with Crippen molar-refractivity contribution in [1.82, 2.24) is 24.9 Å². The lowest BCUT2D eigenvalue weighted by Gasteiger charge is -2.29. The van der Waals surface area contributed by atoms with Crippen LogP contribution in [0, 0.1) is 11.6 Å². The number of ether oxygens (including phenoxy) is 1. The van der Waals surface area contributed by atoms with Crippen LogP contribution in [0.1, 0.15) is 34.0 Å². The number of carbonyl (C=O) groups excluding carboxylic acids is 1. The predicted octanol–water partition coefficient (Wildman–Crippen LogP) is 6.48. The molecule has 0 spiro atoms. The SMILES string of the molecule is CC1CNC(=O)c2cnn3c(N(Cc4ccccc4)Cc4ccccc4)c(Nc4ccc(F)cc4)c(nc23)NCc2cc(F)cnc2O1. The Morgan fingerprint density at radius 1 is 0.917 bits per heavy atom. The number of carbonyl (C=O) groups is 1. The first kappa shape index (κ1) is 30.6. The minimum Gasteiger partial charge on any atom is -0.473 e. The average molecular weight is 647 g/mol. The minimum absolute atomic E-state index is 0.0930. The standard InChI is InChI=1S/C36H32F2N8O2/c1-23-17-40-34(47)30-20-42-46-33(30)44-32(39-18-26-16-28(38)19-41-35(26)48-23)31(43-29-14-12-27(37)13-15-29)36(46)45(21-24-8-4-2-5-9-24)22-25-10-6-3-7-11-25/h2-16,19-20,23,43H,17-18,21-22H2,1H3,(H,39,44)(H,40,47). The molecule has 1 atom stereocenters. The monoisotopic (exact) mass is 646 g/mol. The zero-order valence-electron chi connectivity index (χ0n) is 26.0. The molecule has 0 aliphatic carbocycles. The average Bonchev–Trinajstić information content (AvgIpc) is 3.52. The van der Waals surface area contributed by atoms with Crippen molar-refractivity contribution in [2.45, 2.75) is 32.7 Å². The van der Waals surface area contributed by atoms with E-state index >= 15 is 0 Å². The molecule has 1 unspecified atom stereocenters. The van der Waals surface area contributed by atoms with E-state index in [0.717, 1.165) is 17.3 Å². The van der Waals surface area contributed by atoms with E-state index in [1.165, 1.54) is 24.4 Å². The lowest BCUT2D eigenvalue weighted by atomic mass is 10.1. The first-order chi connectivity index (χ1) is 23.4. The fraction of sp³-hybridized carbons (Fsp3) is 0.167. The van der Waals surface area contributed by atoms with Gasteiger partial charge in [-0.1, -0.05) is 60.7 Å². The Morgan fingerprint density at radius 2 is 1.60 bits per heavy atom. The van der Waals surface area contributed by atoms with Gasteiger partial charge in [0.1, 0.15) is 29.0 Å². The predicted molar refractivity (Wildman–Crippen MR) is 179 cm³/mol. The van der Waals surface area contributed by atoms with E-state index in [-0.39, 0.29) is 36.3 Å². The molecule has 0 radical (unpaired) electrons. The van der Waals surface area contributed by atoms with E-state index in [0.29, 0.717) is 47.3 Å². The van der Waals surface area contributed by atoms with Crippen molar-refractivity contribution in [3.05, 3.63) is 137 Å². The normalized spacial score (nSPS) is 14.5. The summed E-state index contributed by atoms with van der Waals surface area (Å²) in [6, 6.07) is 27.3. The molecular formula is C36H32F2N8O2. The molecule has 1 aliphatic heterocycles. The summed E-state index contributed by atoms with van der Waals surface area (Å²) < 4.78 is 36.2. The molecule has 0 saturated carbocycles. The largest absolute Gasteiger partial charge is 0.473 e. The zero-order valence-corrected chi connectivity index (χ0v) is 26.0. The molecule has 3 N–H and O–H groups in total. The van der Waals surface area contributed by atoms with Crippen molar-refractivity contribution in [3.63, 3.8) is 0 Å². The number of pyridine rings is 1. The molecule has 3 aromatic carbocycles. The molecule has 7 rings (SSSR count). The lowest BCUT2D eigenvalue weighted by molar-refractivity contribution is 0.0932. The molecular weight excluding hydrogens is 614 g/mol. The number of nitrogens with zero attached hydrogens (tertiary/aromatic N) is 5. The number of benzene rings is 3. The van der Waals surface area contributed by atoms with Gasteiger partial charge in [-0.25, -0.2) is 18.7 Å². The molecule has 1 amide bonds. The number of rotatable bonds is 7. The van der Waals surface area contributed by atoms with Gasteiger partial charge in [-0.2, -0.15) is 9.61 Å². The number of nitrogens with one attached hydrogen (secondary N) is 3. The molecule has 2 bridgehead atoms. The number of hydrogen-bond donors (Lipinski definition) is 3. The molecule has 6 aromatic rings. The van der Waals surface area contributed by atoms with Crippen LogP contribution in [0.3, 0.4) is 0 Å². The third-order valence-electron chi connectivity index (χ3n) is 7.91. The summed E-state index contributed by atoms with van der Waals surface area (Å²) in [5.74, 6) is -0.102. The molecule has 4 heterocycles. The van der Waals surface area contributed by atoms with Gasteiger partial charge in [0.05, 0.1) is 18.9 Å². The summed E-state index contributed by atoms with van der Waals surface area (Å²) in [6.07, 6.45) is 2.12. The Morgan fingerprint density at radius 3 is 2.29 bits per heavy atom. The minimum atomic E-state index is -0.520. The summed E-state index contributed by atoms with van der Waals surface area (Å²) in [6.45, 7) is 2.99. The highest BCUT2D eigenvalue weighted by atomic mass is 19.1. The Hall–Kier alpha value is -6.04. The van der Waals surface area contributed by atoms with Gasteiger partial charge in [0.15, 0.2) is 17.3 Å². The van der Waals surface area contributed by atoms with Crippen molar-refractivity contribution >= 4 is 34.6 Å². The van der Waals surface area contributed by atoms with Gasteiger partial charge in [0.2, 0.25) is 5.88 Å². The van der Waals surface area contributed by atoms with E-state index in [2.05, 4.69) is 25.8 Å². The number of amides is 1. The Bertz CT molecular complexity index is 2020. The Labute approximate surface area is 275 Å². The van der Waals surface area contributed by atoms with Crippen molar-refractivity contribution in [1.29, 1.82) is 0 Å². The summed E-state index contributed by atoms with van der Waals surface area (Å²) >= 11 is 0. The van der Waals surface area contributed by atoms with E-state index in [1.54, 1.807) is 23.6 Å². The summed E-state index contributed by atoms with van der Waals surface area (Å²) in [5, 5.41) is 14.4. The zero-order chi connectivity index (χ0) is 33.0. The van der Waals surface area contributed by atoms with Gasteiger partial charge in [0.25, 0.3) is 5.91 Å². The number of aromatic nitrogens is 4. The van der Waals surface area contributed by atoms with Gasteiger partial charge in [-0.3, -0.25) is 4.79 Å². The van der Waals surface area contributed by atoms with Crippen LogP contribution in [0.15, 0.2) is 103 Å². The fourth-order valence-corrected chi connectivity index (χ4v) is 5.61. The highest BCUT2D eigenvalue weighted by Gasteiger charge is 2.27. The molecule has 3 aromatic heterocycles. The van der Waals surface area contributed by atoms with Crippen LogP contribution in [-0.4, -0.2) is 38.1 Å². The second-order valence-corrected chi connectivity index (χ2v) is 11.5. The molecule has 242 valence electrons. The molecule has 1 aliphatic rings. The number of anilines is 4. The third-order valence-corrected chi connectivity index (χ3v) is 7.91. The van der Waals surface area contributed by atoms with Crippen LogP contribution in [0.25, 0.3) is 5.65 Å². The summed E-state index contributed by atoms with van der Waals surface area (Å²) in [5.41, 5.74) is 4.21. The van der Waals surface area contributed by atoms with Crippen molar-refractivity contribution in [2.75, 3.05) is 22.1 Å². The Balaban J connectivity index is 1.46. The quantitative estimate of drug-likeness (QED) is 0.181. The van der Waals surface area contributed by atoms with Crippen LogP contribution < -0.4 is 25.6 Å². The number of fused-ring (bicyclic) bond motifs is 2. The first-order valence-corrected chi connectivity index (χ1v) is 15.5. The van der Waals surface area contributed by atoms with Gasteiger partial charge < -0.3 is 25.6 Å². The lowest BCUT2D eigenvalue weighted by Crippen LogP contribution is -2.34. The highest BCUT2D eigenvalue weighted by Crippen LogP contribution is 2.38. The third kappa shape index (κ3) is 6.59. The molecule has 0 fully saturated rings. The van der Waals surface area contributed by atoms with Gasteiger partial charge >= 0.3 is 0 Å². The van der Waals surface area contributed by atoms with Crippen LogP contribution >= 0.6 is 0 Å². The Kier molecular flexibility index (Phi) is 8.52. The van der Waals surface area contributed by atoms with Gasteiger partial charge in [-0.05, 0) is 48.4 Å². The van der Waals surface area contributed by atoms with Crippen molar-refractivity contribution < 1.29 is 18.3 Å². The molecule has 48 heavy (non-hydrogen) atoms. The van der Waals surface area contributed by atoms with Crippen molar-refractivity contribution in [3.8, 4) is 5.88 Å². The van der Waals surface area contributed by atoms with Gasteiger partial charge in [0, 0.05) is 30.9 Å². The maximum absolute atomic E-state index is 14.5. The van der Waals surface area contributed by atoms with Crippen LogP contribution in [0.2, 0.25) is 0 Å². The first-order valence-electron chi connectivity index (χ1n) is 15.5. The number of halogens is 2. The van der Waals surface area contributed by atoms with E-state index < -0.39 is 11.9 Å². The second-order valence-electron chi connectivity index (χ2n) is 11.5. The maximum atomic E-state index is 14.5. The molecule has 0 saturated heterocycles. The van der Waals surface area contributed by atoms with Crippen LogP contribution in [-0.2, 0) is 19.6 Å². The van der Waals surface area contributed by atoms with Gasteiger partial charge in [-0.15, -0.1) is 0 Å². The summed E-state index contributed by atoms with van der Waals surface area (Å²) in [7, 11) is 0. The topological polar surface area (TPSA) is 109 Å². The second kappa shape index (κ2) is 13.4. The molecule has 10 nitrogen and oxygen atoms in total. The number of hydrogen-bond acceptors (Lipinski definition) is 8. The van der Waals surface area contributed by atoms with E-state index in [4.69, 9.17) is 14.8 Å².